The zero-order chi connectivity index (χ0) is 28.2. The zero-order valence-electron chi connectivity index (χ0n) is 25.2. The largest absolute Gasteiger partial charge is 0.379 e. The summed E-state index contributed by atoms with van der Waals surface area (Å²) in [7, 11) is 0. The molecule has 0 unspecified atom stereocenters. The third-order valence-electron chi connectivity index (χ3n) is 5.92. The molecule has 0 radical (unpaired) electrons. The van der Waals surface area contributed by atoms with Crippen molar-refractivity contribution in [1.82, 2.24) is 0 Å². The van der Waals surface area contributed by atoms with E-state index in [-0.39, 0.29) is 0 Å². The van der Waals surface area contributed by atoms with Gasteiger partial charge in [0, 0.05) is 19.1 Å². The summed E-state index contributed by atoms with van der Waals surface area (Å²) in [5.74, 6) is 0.751. The van der Waals surface area contributed by atoms with Crippen molar-refractivity contribution in [1.29, 1.82) is 0 Å². The third kappa shape index (κ3) is 38.0. The molecular weight excluding hydrogens is 524 g/mol. The van der Waals surface area contributed by atoms with E-state index in [1.54, 1.807) is 0 Å². The molecule has 0 rings (SSSR count). The molecule has 0 aromatic rings. The lowest BCUT2D eigenvalue weighted by Gasteiger charge is -2.09. The molecule has 0 N–H and O–H groups in total. The van der Waals surface area contributed by atoms with Gasteiger partial charge in [0.1, 0.15) is 0 Å². The van der Waals surface area contributed by atoms with Crippen LogP contribution in [0.5, 0.6) is 0 Å². The molecule has 0 saturated carbocycles. The van der Waals surface area contributed by atoms with E-state index in [2.05, 4.69) is 6.92 Å². The van der Waals surface area contributed by atoms with E-state index in [0.29, 0.717) is 92.5 Å². The summed E-state index contributed by atoms with van der Waals surface area (Å²) in [5, 5.41) is 0. The first-order valence-electron chi connectivity index (χ1n) is 15.6. The SMILES string of the molecule is CCCCCCCCCCOCCOCCOCCOCCOCCOCCOCCOCCCCCCCl. The van der Waals surface area contributed by atoms with E-state index in [9.17, 15) is 0 Å². The van der Waals surface area contributed by atoms with Crippen LogP contribution in [0.4, 0.5) is 0 Å². The van der Waals surface area contributed by atoms with Crippen molar-refractivity contribution in [2.75, 3.05) is 112 Å². The van der Waals surface area contributed by atoms with Crippen LogP contribution < -0.4 is 0 Å². The average Bonchev–Trinajstić information content (AvgIpc) is 2.95. The lowest BCUT2D eigenvalue weighted by molar-refractivity contribution is -0.0232. The maximum atomic E-state index is 5.65. The molecule has 39 heavy (non-hydrogen) atoms. The van der Waals surface area contributed by atoms with Gasteiger partial charge in [-0.05, 0) is 19.3 Å². The molecule has 0 heterocycles. The highest BCUT2D eigenvalue weighted by Gasteiger charge is 1.96. The Hall–Kier alpha value is -0.0300. The molecule has 0 aromatic carbocycles. The Morgan fingerprint density at radius 1 is 0.282 bits per heavy atom. The standard InChI is InChI=1S/C30H61ClO8/c1-2-3-4-5-6-7-9-12-15-32-17-19-34-21-23-36-25-27-38-29-30-39-28-26-37-24-22-35-20-18-33-16-13-10-8-11-14-31/h2-30H2,1H3. The van der Waals surface area contributed by atoms with Gasteiger partial charge in [-0.2, -0.15) is 0 Å². The highest BCUT2D eigenvalue weighted by molar-refractivity contribution is 6.17. The number of unbranched alkanes of at least 4 members (excludes halogenated alkanes) is 10. The molecule has 0 saturated heterocycles. The van der Waals surface area contributed by atoms with Crippen LogP contribution in [0.1, 0.15) is 84.0 Å². The zero-order valence-corrected chi connectivity index (χ0v) is 25.9. The first-order valence-corrected chi connectivity index (χ1v) is 16.1. The number of alkyl halides is 1. The summed E-state index contributed by atoms with van der Waals surface area (Å²) in [6.45, 7) is 12.0. The van der Waals surface area contributed by atoms with Crippen LogP contribution >= 0.6 is 11.6 Å². The van der Waals surface area contributed by atoms with Crippen LogP contribution in [-0.4, -0.2) is 112 Å². The van der Waals surface area contributed by atoms with Gasteiger partial charge in [0.15, 0.2) is 0 Å². The Morgan fingerprint density at radius 2 is 0.513 bits per heavy atom. The summed E-state index contributed by atoms with van der Waals surface area (Å²) in [5.41, 5.74) is 0. The van der Waals surface area contributed by atoms with E-state index in [1.165, 1.54) is 57.8 Å². The van der Waals surface area contributed by atoms with Gasteiger partial charge in [0.25, 0.3) is 0 Å². The van der Waals surface area contributed by atoms with E-state index in [1.807, 2.05) is 0 Å². The van der Waals surface area contributed by atoms with Gasteiger partial charge in [-0.25, -0.2) is 0 Å². The van der Waals surface area contributed by atoms with Gasteiger partial charge in [-0.3, -0.25) is 0 Å². The summed E-state index contributed by atoms with van der Waals surface area (Å²) < 4.78 is 44.1. The number of hydrogen-bond donors (Lipinski definition) is 0. The highest BCUT2D eigenvalue weighted by atomic mass is 35.5. The minimum Gasteiger partial charge on any atom is -0.379 e. The molecule has 0 atom stereocenters. The number of ether oxygens (including phenoxy) is 8. The summed E-state index contributed by atoms with van der Waals surface area (Å²) in [6, 6.07) is 0. The maximum absolute atomic E-state index is 5.65. The van der Waals surface area contributed by atoms with Crippen molar-refractivity contribution < 1.29 is 37.9 Å². The highest BCUT2D eigenvalue weighted by Crippen LogP contribution is 2.08. The predicted octanol–water partition coefficient (Wildman–Crippen LogP) is 6.06. The summed E-state index contributed by atoms with van der Waals surface area (Å²) in [4.78, 5) is 0. The van der Waals surface area contributed by atoms with Crippen molar-refractivity contribution in [3.8, 4) is 0 Å². The Bertz CT molecular complexity index is 384. The van der Waals surface area contributed by atoms with Crippen LogP contribution in [-0.2, 0) is 37.9 Å². The molecule has 0 aromatic heterocycles. The smallest absolute Gasteiger partial charge is 0.0701 e. The van der Waals surface area contributed by atoms with Crippen LogP contribution in [0.2, 0.25) is 0 Å². The number of halogens is 1. The van der Waals surface area contributed by atoms with Gasteiger partial charge >= 0.3 is 0 Å². The Labute approximate surface area is 245 Å². The van der Waals surface area contributed by atoms with Gasteiger partial charge in [-0.15, -0.1) is 11.6 Å². The van der Waals surface area contributed by atoms with Crippen molar-refractivity contribution >= 4 is 11.6 Å². The summed E-state index contributed by atoms with van der Waals surface area (Å²) >= 11 is 5.65. The van der Waals surface area contributed by atoms with Crippen molar-refractivity contribution in [3.63, 3.8) is 0 Å². The Morgan fingerprint density at radius 3 is 0.795 bits per heavy atom. The average molecular weight is 585 g/mol. The first kappa shape index (κ1) is 39.0. The third-order valence-corrected chi connectivity index (χ3v) is 6.19. The fraction of sp³-hybridized carbons (Fsp3) is 1.00. The normalized spacial score (nSPS) is 11.5. The number of rotatable bonds is 36. The summed E-state index contributed by atoms with van der Waals surface area (Å²) in [6.07, 6.45) is 15.1. The van der Waals surface area contributed by atoms with Crippen molar-refractivity contribution in [2.45, 2.75) is 84.0 Å². The topological polar surface area (TPSA) is 73.8 Å². The number of hydrogen-bond acceptors (Lipinski definition) is 8. The quantitative estimate of drug-likeness (QED) is 0.0650. The first-order chi connectivity index (χ1) is 19.4. The molecular formula is C30H61ClO8. The molecule has 0 aliphatic rings. The lowest BCUT2D eigenvalue weighted by atomic mass is 10.1. The molecule has 0 bridgehead atoms. The molecule has 0 fully saturated rings. The molecule has 236 valence electrons. The van der Waals surface area contributed by atoms with Gasteiger partial charge in [0.05, 0.1) is 92.5 Å². The van der Waals surface area contributed by atoms with Crippen LogP contribution in [0.3, 0.4) is 0 Å². The second kappa shape index (κ2) is 38.0. The Kier molecular flexibility index (Phi) is 37.9. The molecule has 9 heteroatoms. The van der Waals surface area contributed by atoms with E-state index >= 15 is 0 Å². The molecule has 8 nitrogen and oxygen atoms in total. The molecule has 0 aliphatic carbocycles. The van der Waals surface area contributed by atoms with Crippen molar-refractivity contribution in [3.05, 3.63) is 0 Å². The second-order valence-electron chi connectivity index (χ2n) is 9.48. The molecule has 0 aliphatic heterocycles. The maximum Gasteiger partial charge on any atom is 0.0701 e. The van der Waals surface area contributed by atoms with Crippen LogP contribution in [0.15, 0.2) is 0 Å². The van der Waals surface area contributed by atoms with Gasteiger partial charge < -0.3 is 37.9 Å². The lowest BCUT2D eigenvalue weighted by Crippen LogP contribution is -2.15. The van der Waals surface area contributed by atoms with Gasteiger partial charge in [0.2, 0.25) is 0 Å². The minimum atomic E-state index is 0.547. The van der Waals surface area contributed by atoms with Gasteiger partial charge in [-0.1, -0.05) is 64.7 Å². The van der Waals surface area contributed by atoms with Crippen LogP contribution in [0.25, 0.3) is 0 Å². The van der Waals surface area contributed by atoms with E-state index in [0.717, 1.165) is 38.4 Å². The monoisotopic (exact) mass is 584 g/mol. The molecule has 0 amide bonds. The Balaban J connectivity index is 3.01. The fourth-order valence-corrected chi connectivity index (χ4v) is 3.82. The van der Waals surface area contributed by atoms with Crippen molar-refractivity contribution in [2.24, 2.45) is 0 Å². The molecule has 0 spiro atoms. The van der Waals surface area contributed by atoms with E-state index in [4.69, 9.17) is 49.5 Å². The fourth-order valence-electron chi connectivity index (χ4n) is 3.63. The van der Waals surface area contributed by atoms with E-state index < -0.39 is 0 Å². The van der Waals surface area contributed by atoms with Crippen LogP contribution in [0, 0.1) is 0 Å². The second-order valence-corrected chi connectivity index (χ2v) is 9.86. The minimum absolute atomic E-state index is 0.547. The predicted molar refractivity (Wildman–Crippen MR) is 158 cm³/mol.